The molecule has 0 aliphatic heterocycles. The monoisotopic (exact) mass is 365 g/mol. The second kappa shape index (κ2) is 6.37. The Morgan fingerprint density at radius 2 is 1.90 bits per heavy atom. The molecule has 1 saturated carbocycles. The zero-order chi connectivity index (χ0) is 14.8. The Kier molecular flexibility index (Phi) is 4.51. The minimum atomic E-state index is 0.102. The highest BCUT2D eigenvalue weighted by Crippen LogP contribution is 2.27. The highest BCUT2D eigenvalue weighted by Gasteiger charge is 2.28. The molecule has 0 N–H and O–H groups in total. The summed E-state index contributed by atoms with van der Waals surface area (Å²) < 4.78 is 1.05. The number of nitrogens with zero attached hydrogens (tertiary/aromatic N) is 1. The van der Waals surface area contributed by atoms with E-state index in [2.05, 4.69) is 22.0 Å². The minimum absolute atomic E-state index is 0.102. The molecular formula is C17H17BrClNO. The molecule has 0 aromatic heterocycles. The van der Waals surface area contributed by atoms with E-state index in [1.807, 2.05) is 35.2 Å². The van der Waals surface area contributed by atoms with Crippen molar-refractivity contribution in [2.24, 2.45) is 0 Å². The Hall–Kier alpha value is -1.06. The lowest BCUT2D eigenvalue weighted by Crippen LogP contribution is -2.45. The number of carbonyl (C=O) groups excluding carboxylic acids is 1. The van der Waals surface area contributed by atoms with E-state index < -0.39 is 0 Å². The Morgan fingerprint density at radius 3 is 2.57 bits per heavy atom. The molecule has 0 unspecified atom stereocenters. The number of fused-ring (bicyclic) bond motifs is 1. The molecule has 2 aromatic carbocycles. The lowest BCUT2D eigenvalue weighted by molar-refractivity contribution is 0.0598. The van der Waals surface area contributed by atoms with E-state index in [4.69, 9.17) is 11.6 Å². The SMILES string of the molecule is O=C(c1ccc2cc(Br)ccc2c1)N(CCCl)C1CCC1. The summed E-state index contributed by atoms with van der Waals surface area (Å²) in [6.07, 6.45) is 3.41. The number of alkyl halides is 1. The van der Waals surface area contributed by atoms with Gasteiger partial charge in [-0.05, 0) is 54.3 Å². The zero-order valence-corrected chi connectivity index (χ0v) is 14.0. The van der Waals surface area contributed by atoms with Gasteiger partial charge in [0.15, 0.2) is 0 Å². The maximum Gasteiger partial charge on any atom is 0.254 e. The van der Waals surface area contributed by atoms with Gasteiger partial charge in [-0.3, -0.25) is 4.79 Å². The van der Waals surface area contributed by atoms with Gasteiger partial charge < -0.3 is 4.90 Å². The average Bonchev–Trinajstić information content (AvgIpc) is 2.43. The molecule has 1 amide bonds. The van der Waals surface area contributed by atoms with Crippen molar-refractivity contribution in [3.63, 3.8) is 0 Å². The van der Waals surface area contributed by atoms with E-state index in [1.165, 1.54) is 6.42 Å². The van der Waals surface area contributed by atoms with Crippen molar-refractivity contribution < 1.29 is 4.79 Å². The normalized spacial score (nSPS) is 15.0. The molecule has 0 spiro atoms. The molecule has 0 radical (unpaired) electrons. The Morgan fingerprint density at radius 1 is 1.19 bits per heavy atom. The van der Waals surface area contributed by atoms with Crippen molar-refractivity contribution in [3.05, 3.63) is 46.4 Å². The predicted octanol–water partition coefficient (Wildman–Crippen LogP) is 4.84. The van der Waals surface area contributed by atoms with Crippen LogP contribution >= 0.6 is 27.5 Å². The first-order chi connectivity index (χ1) is 10.2. The molecule has 110 valence electrons. The van der Waals surface area contributed by atoms with E-state index in [-0.39, 0.29) is 5.91 Å². The molecule has 0 saturated heterocycles. The van der Waals surface area contributed by atoms with Gasteiger partial charge in [0, 0.05) is 28.5 Å². The summed E-state index contributed by atoms with van der Waals surface area (Å²) in [7, 11) is 0. The summed E-state index contributed by atoms with van der Waals surface area (Å²) in [6.45, 7) is 0.628. The molecular weight excluding hydrogens is 350 g/mol. The number of rotatable bonds is 4. The smallest absolute Gasteiger partial charge is 0.254 e. The summed E-state index contributed by atoms with van der Waals surface area (Å²) in [4.78, 5) is 14.7. The van der Waals surface area contributed by atoms with Gasteiger partial charge in [0.1, 0.15) is 0 Å². The maximum absolute atomic E-state index is 12.7. The van der Waals surface area contributed by atoms with Crippen molar-refractivity contribution >= 4 is 44.2 Å². The Balaban J connectivity index is 1.90. The molecule has 0 atom stereocenters. The van der Waals surface area contributed by atoms with Gasteiger partial charge in [0.05, 0.1) is 0 Å². The lowest BCUT2D eigenvalue weighted by atomic mass is 9.91. The molecule has 0 heterocycles. The third-order valence-electron chi connectivity index (χ3n) is 4.15. The van der Waals surface area contributed by atoms with Gasteiger partial charge in [0.2, 0.25) is 0 Å². The molecule has 2 aromatic rings. The second-order valence-corrected chi connectivity index (χ2v) is 6.77. The maximum atomic E-state index is 12.7. The first kappa shape index (κ1) is 14.9. The van der Waals surface area contributed by atoms with Crippen LogP contribution in [-0.4, -0.2) is 29.3 Å². The average molecular weight is 367 g/mol. The van der Waals surface area contributed by atoms with Crippen LogP contribution in [0.25, 0.3) is 10.8 Å². The van der Waals surface area contributed by atoms with Crippen molar-refractivity contribution in [2.45, 2.75) is 25.3 Å². The highest BCUT2D eigenvalue weighted by atomic mass is 79.9. The van der Waals surface area contributed by atoms with Crippen LogP contribution in [0.15, 0.2) is 40.9 Å². The Labute approximate surface area is 138 Å². The van der Waals surface area contributed by atoms with Gasteiger partial charge in [-0.25, -0.2) is 0 Å². The van der Waals surface area contributed by atoms with Crippen molar-refractivity contribution in [1.82, 2.24) is 4.90 Å². The van der Waals surface area contributed by atoms with Crippen LogP contribution in [0.3, 0.4) is 0 Å². The summed E-state index contributed by atoms with van der Waals surface area (Å²) in [6, 6.07) is 12.4. The number of amides is 1. The summed E-state index contributed by atoms with van der Waals surface area (Å²) in [5.74, 6) is 0.591. The fourth-order valence-electron chi connectivity index (χ4n) is 2.75. The van der Waals surface area contributed by atoms with Crippen LogP contribution in [0.2, 0.25) is 0 Å². The van der Waals surface area contributed by atoms with Crippen molar-refractivity contribution in [2.75, 3.05) is 12.4 Å². The standard InChI is InChI=1S/C17H17BrClNO/c18-15-7-6-12-10-14(5-4-13(12)11-15)17(21)20(9-8-19)16-2-1-3-16/h4-7,10-11,16H,1-3,8-9H2. The molecule has 0 bridgehead atoms. The third kappa shape index (κ3) is 3.09. The Bertz CT molecular complexity index is 669. The van der Waals surface area contributed by atoms with Crippen LogP contribution in [0.5, 0.6) is 0 Å². The van der Waals surface area contributed by atoms with Crippen LogP contribution < -0.4 is 0 Å². The third-order valence-corrected chi connectivity index (χ3v) is 4.81. The van der Waals surface area contributed by atoms with Crippen molar-refractivity contribution in [1.29, 1.82) is 0 Å². The van der Waals surface area contributed by atoms with Crippen LogP contribution in [0.4, 0.5) is 0 Å². The van der Waals surface area contributed by atoms with Crippen LogP contribution in [0.1, 0.15) is 29.6 Å². The largest absolute Gasteiger partial charge is 0.334 e. The van der Waals surface area contributed by atoms with Crippen LogP contribution in [0, 0.1) is 0 Å². The first-order valence-corrected chi connectivity index (χ1v) is 8.58. The number of hydrogen-bond donors (Lipinski definition) is 0. The predicted molar refractivity (Wildman–Crippen MR) is 91.0 cm³/mol. The van der Waals surface area contributed by atoms with Gasteiger partial charge >= 0.3 is 0 Å². The second-order valence-electron chi connectivity index (χ2n) is 5.48. The summed E-state index contributed by atoms with van der Waals surface area (Å²) in [5.41, 5.74) is 0.752. The quantitative estimate of drug-likeness (QED) is 0.709. The zero-order valence-electron chi connectivity index (χ0n) is 11.7. The number of hydrogen-bond acceptors (Lipinski definition) is 1. The highest BCUT2D eigenvalue weighted by molar-refractivity contribution is 9.10. The summed E-state index contributed by atoms with van der Waals surface area (Å²) in [5, 5.41) is 2.22. The van der Waals surface area contributed by atoms with Gasteiger partial charge in [0.25, 0.3) is 5.91 Å². The van der Waals surface area contributed by atoms with Gasteiger partial charge in [-0.2, -0.15) is 0 Å². The molecule has 4 heteroatoms. The molecule has 1 aliphatic rings. The van der Waals surface area contributed by atoms with Gasteiger partial charge in [-0.1, -0.05) is 28.1 Å². The van der Waals surface area contributed by atoms with E-state index in [9.17, 15) is 4.79 Å². The van der Waals surface area contributed by atoms with Crippen LogP contribution in [-0.2, 0) is 0 Å². The molecule has 3 rings (SSSR count). The van der Waals surface area contributed by atoms with E-state index >= 15 is 0 Å². The number of benzene rings is 2. The minimum Gasteiger partial charge on any atom is -0.334 e. The summed E-state index contributed by atoms with van der Waals surface area (Å²) >= 11 is 9.34. The molecule has 2 nitrogen and oxygen atoms in total. The molecule has 1 fully saturated rings. The van der Waals surface area contributed by atoms with E-state index in [0.717, 1.165) is 33.7 Å². The molecule has 21 heavy (non-hydrogen) atoms. The number of carbonyl (C=O) groups is 1. The van der Waals surface area contributed by atoms with Crippen molar-refractivity contribution in [3.8, 4) is 0 Å². The topological polar surface area (TPSA) is 20.3 Å². The fourth-order valence-corrected chi connectivity index (χ4v) is 3.32. The fraction of sp³-hybridized carbons (Fsp3) is 0.353. The first-order valence-electron chi connectivity index (χ1n) is 7.25. The van der Waals surface area contributed by atoms with E-state index in [1.54, 1.807) is 0 Å². The molecule has 1 aliphatic carbocycles. The number of halogens is 2. The van der Waals surface area contributed by atoms with Gasteiger partial charge in [-0.15, -0.1) is 11.6 Å². The van der Waals surface area contributed by atoms with E-state index in [0.29, 0.717) is 18.5 Å². The lowest BCUT2D eigenvalue weighted by Gasteiger charge is -2.37.